The van der Waals surface area contributed by atoms with Crippen molar-refractivity contribution in [1.82, 2.24) is 19.6 Å². The van der Waals surface area contributed by atoms with E-state index in [4.69, 9.17) is 4.74 Å². The summed E-state index contributed by atoms with van der Waals surface area (Å²) in [5, 5.41) is 18.3. The Morgan fingerprint density at radius 1 is 0.883 bits per heavy atom. The first-order valence-corrected chi connectivity index (χ1v) is 21.8. The molecule has 6 aromatic rings. The molecule has 60 heavy (non-hydrogen) atoms. The first-order chi connectivity index (χ1) is 28.6. The summed E-state index contributed by atoms with van der Waals surface area (Å²) in [5.41, 5.74) is 2.72. The molecule has 0 saturated heterocycles. The molecular weight excluding hydrogens is 805 g/mol. The molecule has 16 heteroatoms. The predicted octanol–water partition coefficient (Wildman–Crippen LogP) is 8.34. The summed E-state index contributed by atoms with van der Waals surface area (Å²) in [6, 6.07) is 34.4. The first-order valence-electron chi connectivity index (χ1n) is 19.3. The van der Waals surface area contributed by atoms with Crippen molar-refractivity contribution in [1.29, 1.82) is 0 Å². The molecular formula is C44H46N6O8S2. The molecule has 4 N–H and O–H groups in total. The van der Waals surface area contributed by atoms with Gasteiger partial charge in [0, 0.05) is 34.9 Å². The quantitative estimate of drug-likeness (QED) is 0.0300. The maximum Gasteiger partial charge on any atom is 0.407 e. The fourth-order valence-corrected chi connectivity index (χ4v) is 8.41. The number of alkyl carbamates (subject to hydrolysis) is 1. The molecule has 0 fully saturated rings. The van der Waals surface area contributed by atoms with Crippen molar-refractivity contribution in [2.24, 2.45) is 0 Å². The van der Waals surface area contributed by atoms with Gasteiger partial charge in [0.25, 0.3) is 21.6 Å². The number of benzene rings is 5. The number of sulfonamides is 1. The van der Waals surface area contributed by atoms with Gasteiger partial charge in [-0.15, -0.1) is 11.8 Å². The largest absolute Gasteiger partial charge is 0.444 e. The number of imidazole rings is 1. The van der Waals surface area contributed by atoms with Crippen LogP contribution in [0.1, 0.15) is 56.0 Å². The monoisotopic (exact) mass is 850 g/mol. The Hall–Kier alpha value is -6.39. The molecule has 1 heterocycles. The van der Waals surface area contributed by atoms with Gasteiger partial charge in [-0.3, -0.25) is 19.5 Å². The lowest BCUT2D eigenvalue weighted by Gasteiger charge is -2.21. The minimum Gasteiger partial charge on any atom is -0.444 e. The number of aromatic amines is 1. The SMILES string of the molecule is CC(C)(C)OC(=O)NCCCC[C@H](CSc1ccccc1)Nc1ccc(S(=O)(=O)NC(=O)c2ccc(-c3ccc4c(c3)[nH]c(=O)n4Cc3ccccc3)cc2)cc1[N+](=O)[O-]. The fraction of sp³-hybridized carbons (Fsp3) is 0.250. The summed E-state index contributed by atoms with van der Waals surface area (Å²) in [6.45, 7) is 6.15. The van der Waals surface area contributed by atoms with Gasteiger partial charge in [0.15, 0.2) is 0 Å². The number of aromatic nitrogens is 2. The summed E-state index contributed by atoms with van der Waals surface area (Å²) in [5.74, 6) is -0.366. The number of fused-ring (bicyclic) bond motifs is 1. The van der Waals surface area contributed by atoms with Crippen molar-refractivity contribution in [2.45, 2.75) is 68.0 Å². The van der Waals surface area contributed by atoms with Crippen LogP contribution in [0.3, 0.4) is 0 Å². The van der Waals surface area contributed by atoms with Crippen LogP contribution in [-0.2, 0) is 21.3 Å². The van der Waals surface area contributed by atoms with Gasteiger partial charge in [0.2, 0.25) is 0 Å². The fourth-order valence-electron chi connectivity index (χ4n) is 6.42. The number of H-pyrrole nitrogens is 1. The van der Waals surface area contributed by atoms with Gasteiger partial charge in [-0.1, -0.05) is 66.7 Å². The third-order valence-corrected chi connectivity index (χ3v) is 11.8. The van der Waals surface area contributed by atoms with Gasteiger partial charge in [-0.2, -0.15) is 0 Å². The molecule has 0 aliphatic rings. The standard InChI is InChI=1S/C44H46N6O8S2/c1-44(2,3)58-43(53)45-25-11-10-14-34(29-59-35-15-8-5-9-16-35)46-37-23-22-36(27-40(37)50(54)55)60(56,57)48-41(51)32-19-17-31(18-20-32)33-21-24-39-38(26-33)47-42(52)49(39)28-30-12-6-4-7-13-30/h4-9,12-13,15-24,26-27,34,46H,10-11,14,25,28-29H2,1-3H3,(H,45,53)(H,47,52)(H,48,51)/t34-/m1/s1. The predicted molar refractivity (Wildman–Crippen MR) is 234 cm³/mol. The lowest BCUT2D eigenvalue weighted by molar-refractivity contribution is -0.384. The zero-order valence-electron chi connectivity index (χ0n) is 33.3. The Kier molecular flexibility index (Phi) is 13.8. The second kappa shape index (κ2) is 19.1. The zero-order chi connectivity index (χ0) is 42.9. The molecule has 0 radical (unpaired) electrons. The van der Waals surface area contributed by atoms with Gasteiger partial charge < -0.3 is 20.4 Å². The van der Waals surface area contributed by atoms with Crippen LogP contribution in [0.25, 0.3) is 22.2 Å². The molecule has 0 bridgehead atoms. The maximum absolute atomic E-state index is 13.4. The number of rotatable bonds is 17. The van der Waals surface area contributed by atoms with E-state index < -0.39 is 43.1 Å². The number of nitro benzene ring substituents is 1. The molecule has 1 atom stereocenters. The van der Waals surface area contributed by atoms with Crippen molar-refractivity contribution < 1.29 is 27.7 Å². The van der Waals surface area contributed by atoms with Crippen molar-refractivity contribution in [2.75, 3.05) is 17.6 Å². The molecule has 5 aromatic carbocycles. The lowest BCUT2D eigenvalue weighted by Crippen LogP contribution is -2.33. The van der Waals surface area contributed by atoms with Crippen LogP contribution in [0.2, 0.25) is 0 Å². The highest BCUT2D eigenvalue weighted by Gasteiger charge is 2.25. The number of unbranched alkanes of at least 4 members (excludes halogenated alkanes) is 1. The highest BCUT2D eigenvalue weighted by Crippen LogP contribution is 2.31. The number of carbonyl (C=O) groups is 2. The number of nitro groups is 1. The Morgan fingerprint density at radius 3 is 2.25 bits per heavy atom. The summed E-state index contributed by atoms with van der Waals surface area (Å²) in [6.07, 6.45) is 1.40. The van der Waals surface area contributed by atoms with Crippen molar-refractivity contribution in [3.8, 4) is 11.1 Å². The number of nitrogens with one attached hydrogen (secondary N) is 4. The number of nitrogens with zero attached hydrogens (tertiary/aromatic N) is 2. The van der Waals surface area contributed by atoms with E-state index in [1.807, 2.05) is 83.6 Å². The maximum atomic E-state index is 13.4. The Labute approximate surface area is 352 Å². The number of anilines is 1. The molecule has 0 aliphatic heterocycles. The van der Waals surface area contributed by atoms with Crippen molar-refractivity contribution in [3.05, 3.63) is 153 Å². The minimum atomic E-state index is -4.52. The Bertz CT molecular complexity index is 2630. The van der Waals surface area contributed by atoms with E-state index in [1.165, 1.54) is 24.3 Å². The zero-order valence-corrected chi connectivity index (χ0v) is 35.0. The van der Waals surface area contributed by atoms with E-state index in [1.54, 1.807) is 49.2 Å². The van der Waals surface area contributed by atoms with E-state index in [0.29, 0.717) is 43.6 Å². The Balaban J connectivity index is 1.11. The molecule has 0 saturated carbocycles. The summed E-state index contributed by atoms with van der Waals surface area (Å²) >= 11 is 1.57. The molecule has 2 amide bonds. The van der Waals surface area contributed by atoms with Crippen LogP contribution in [0.5, 0.6) is 0 Å². The van der Waals surface area contributed by atoms with Gasteiger partial charge in [0.05, 0.1) is 27.4 Å². The molecule has 0 unspecified atom stereocenters. The number of carbonyl (C=O) groups excluding carboxylic acids is 2. The van der Waals surface area contributed by atoms with E-state index >= 15 is 0 Å². The van der Waals surface area contributed by atoms with Crippen LogP contribution in [0.4, 0.5) is 16.2 Å². The van der Waals surface area contributed by atoms with Crippen LogP contribution in [-0.4, -0.2) is 58.8 Å². The highest BCUT2D eigenvalue weighted by atomic mass is 32.2. The molecule has 312 valence electrons. The van der Waals surface area contributed by atoms with Crippen LogP contribution in [0, 0.1) is 10.1 Å². The second-order valence-electron chi connectivity index (χ2n) is 15.1. The van der Waals surface area contributed by atoms with E-state index in [9.17, 15) is 32.9 Å². The normalized spacial score (nSPS) is 12.1. The number of amides is 2. The van der Waals surface area contributed by atoms with E-state index in [-0.39, 0.29) is 23.0 Å². The van der Waals surface area contributed by atoms with Crippen molar-refractivity contribution in [3.63, 3.8) is 0 Å². The topological polar surface area (TPSA) is 195 Å². The number of ether oxygens (including phenoxy) is 1. The molecule has 0 aliphatic carbocycles. The minimum absolute atomic E-state index is 0.0543. The van der Waals surface area contributed by atoms with Crippen LogP contribution < -0.4 is 21.0 Å². The molecule has 0 spiro atoms. The summed E-state index contributed by atoms with van der Waals surface area (Å²) in [4.78, 5) is 53.1. The van der Waals surface area contributed by atoms with Gasteiger partial charge in [0.1, 0.15) is 11.3 Å². The third kappa shape index (κ3) is 11.6. The van der Waals surface area contributed by atoms with Crippen molar-refractivity contribution >= 4 is 56.2 Å². The first kappa shape index (κ1) is 43.2. The number of thioether (sulfide) groups is 1. The van der Waals surface area contributed by atoms with E-state index in [2.05, 4.69) is 15.6 Å². The third-order valence-electron chi connectivity index (χ3n) is 9.34. The van der Waals surface area contributed by atoms with Gasteiger partial charge >= 0.3 is 11.8 Å². The smallest absolute Gasteiger partial charge is 0.407 e. The second-order valence-corrected chi connectivity index (χ2v) is 17.8. The van der Waals surface area contributed by atoms with Gasteiger partial charge in [-0.05, 0) is 105 Å². The lowest BCUT2D eigenvalue weighted by atomic mass is 10.0. The number of hydrogen-bond acceptors (Lipinski definition) is 10. The average molecular weight is 851 g/mol. The summed E-state index contributed by atoms with van der Waals surface area (Å²) in [7, 11) is -4.52. The van der Waals surface area contributed by atoms with Crippen LogP contribution >= 0.6 is 11.8 Å². The highest BCUT2D eigenvalue weighted by molar-refractivity contribution is 7.99. The number of hydrogen-bond donors (Lipinski definition) is 4. The average Bonchev–Trinajstić information content (AvgIpc) is 3.52. The van der Waals surface area contributed by atoms with Gasteiger partial charge in [-0.25, -0.2) is 22.7 Å². The summed E-state index contributed by atoms with van der Waals surface area (Å²) < 4.78 is 35.8. The Morgan fingerprint density at radius 2 is 1.57 bits per heavy atom. The molecule has 14 nitrogen and oxygen atoms in total. The van der Waals surface area contributed by atoms with Crippen LogP contribution in [0.15, 0.2) is 136 Å². The molecule has 1 aromatic heterocycles. The van der Waals surface area contributed by atoms with E-state index in [0.717, 1.165) is 33.2 Å². The molecule has 6 rings (SSSR count).